The molecule has 1 amide bonds. The van der Waals surface area contributed by atoms with E-state index in [-0.39, 0.29) is 5.91 Å². The van der Waals surface area contributed by atoms with Crippen LogP contribution in [0.2, 0.25) is 0 Å². The summed E-state index contributed by atoms with van der Waals surface area (Å²) in [5.74, 6) is 0.0181. The summed E-state index contributed by atoms with van der Waals surface area (Å²) in [7, 11) is 3.96. The molecule has 1 aliphatic rings. The van der Waals surface area contributed by atoms with E-state index in [4.69, 9.17) is 0 Å². The van der Waals surface area contributed by atoms with Crippen LogP contribution in [-0.2, 0) is 0 Å². The Morgan fingerprint density at radius 3 is 2.95 bits per heavy atom. The maximum absolute atomic E-state index is 12.1. The summed E-state index contributed by atoms with van der Waals surface area (Å²) in [4.78, 5) is 14.1. The third kappa shape index (κ3) is 4.23. The van der Waals surface area contributed by atoms with E-state index >= 15 is 0 Å². The minimum absolute atomic E-state index is 0.0181. The summed E-state index contributed by atoms with van der Waals surface area (Å²) < 4.78 is 0. The molecule has 1 fully saturated rings. The number of nitrogens with zero attached hydrogens (tertiary/aromatic N) is 1. The molecule has 2 N–H and O–H groups in total. The zero-order chi connectivity index (χ0) is 14.4. The zero-order valence-electron chi connectivity index (χ0n) is 12.5. The lowest BCUT2D eigenvalue weighted by molar-refractivity contribution is 0.0951. The summed E-state index contributed by atoms with van der Waals surface area (Å²) in [6.07, 6.45) is 4.82. The lowest BCUT2D eigenvalue weighted by atomic mass is 10.0. The van der Waals surface area contributed by atoms with Gasteiger partial charge in [0, 0.05) is 37.9 Å². The number of carbonyl (C=O) groups is 1. The van der Waals surface area contributed by atoms with E-state index in [9.17, 15) is 4.79 Å². The van der Waals surface area contributed by atoms with Crippen molar-refractivity contribution in [3.05, 3.63) is 29.8 Å². The summed E-state index contributed by atoms with van der Waals surface area (Å²) >= 11 is 0. The molecule has 0 aromatic heterocycles. The van der Waals surface area contributed by atoms with Crippen LogP contribution < -0.4 is 15.5 Å². The third-order valence-corrected chi connectivity index (χ3v) is 3.82. The Kier molecular flexibility index (Phi) is 5.41. The van der Waals surface area contributed by atoms with Gasteiger partial charge in [0.05, 0.1) is 0 Å². The van der Waals surface area contributed by atoms with Gasteiger partial charge >= 0.3 is 0 Å². The number of amides is 1. The summed E-state index contributed by atoms with van der Waals surface area (Å²) in [5.41, 5.74) is 1.78. The number of hydrogen-bond donors (Lipinski definition) is 2. The van der Waals surface area contributed by atoms with Crippen molar-refractivity contribution in [2.45, 2.75) is 31.7 Å². The van der Waals surface area contributed by atoms with Gasteiger partial charge < -0.3 is 15.5 Å². The van der Waals surface area contributed by atoms with Crippen molar-refractivity contribution in [1.82, 2.24) is 10.6 Å². The Labute approximate surface area is 121 Å². The van der Waals surface area contributed by atoms with Gasteiger partial charge in [-0.2, -0.15) is 0 Å². The molecule has 0 saturated carbocycles. The highest BCUT2D eigenvalue weighted by Gasteiger charge is 2.13. The second-order valence-electron chi connectivity index (χ2n) is 5.64. The maximum Gasteiger partial charge on any atom is 0.251 e. The highest BCUT2D eigenvalue weighted by molar-refractivity contribution is 5.95. The fourth-order valence-electron chi connectivity index (χ4n) is 2.56. The number of nitrogens with one attached hydrogen (secondary N) is 2. The molecule has 1 aromatic rings. The Balaban J connectivity index is 1.80. The van der Waals surface area contributed by atoms with Crippen LogP contribution in [0.25, 0.3) is 0 Å². The van der Waals surface area contributed by atoms with E-state index in [0.717, 1.165) is 30.8 Å². The lowest BCUT2D eigenvalue weighted by Crippen LogP contribution is -2.37. The average molecular weight is 275 g/mol. The van der Waals surface area contributed by atoms with E-state index in [2.05, 4.69) is 10.6 Å². The van der Waals surface area contributed by atoms with E-state index in [1.165, 1.54) is 19.3 Å². The van der Waals surface area contributed by atoms with Crippen LogP contribution in [0.4, 0.5) is 5.69 Å². The molecule has 0 radical (unpaired) electrons. The van der Waals surface area contributed by atoms with Crippen LogP contribution in [0.5, 0.6) is 0 Å². The normalized spacial score (nSPS) is 18.6. The maximum atomic E-state index is 12.1. The molecule has 4 heteroatoms. The fraction of sp³-hybridized carbons (Fsp3) is 0.562. The third-order valence-electron chi connectivity index (χ3n) is 3.82. The van der Waals surface area contributed by atoms with E-state index in [0.29, 0.717) is 6.04 Å². The molecule has 1 atom stereocenters. The first-order valence-corrected chi connectivity index (χ1v) is 7.46. The number of anilines is 1. The molecular formula is C16H25N3O. The topological polar surface area (TPSA) is 44.4 Å². The molecular weight excluding hydrogens is 250 g/mol. The van der Waals surface area contributed by atoms with Crippen molar-refractivity contribution in [2.75, 3.05) is 32.1 Å². The van der Waals surface area contributed by atoms with Gasteiger partial charge in [-0.3, -0.25) is 4.79 Å². The van der Waals surface area contributed by atoms with Gasteiger partial charge in [-0.25, -0.2) is 0 Å². The molecule has 1 heterocycles. The van der Waals surface area contributed by atoms with Crippen LogP contribution in [0, 0.1) is 0 Å². The predicted octanol–water partition coefficient (Wildman–Crippen LogP) is 2.01. The Bertz CT molecular complexity index is 439. The highest BCUT2D eigenvalue weighted by atomic mass is 16.1. The molecule has 110 valence electrons. The molecule has 1 aliphatic heterocycles. The molecule has 0 bridgehead atoms. The molecule has 0 aliphatic carbocycles. The summed E-state index contributed by atoms with van der Waals surface area (Å²) in [6.45, 7) is 1.85. The van der Waals surface area contributed by atoms with Crippen LogP contribution in [-0.4, -0.2) is 39.1 Å². The quantitative estimate of drug-likeness (QED) is 0.864. The van der Waals surface area contributed by atoms with Crippen molar-refractivity contribution in [1.29, 1.82) is 0 Å². The number of rotatable bonds is 5. The van der Waals surface area contributed by atoms with Gasteiger partial charge in [0.15, 0.2) is 0 Å². The second kappa shape index (κ2) is 7.29. The summed E-state index contributed by atoms with van der Waals surface area (Å²) in [5, 5.41) is 6.51. The zero-order valence-corrected chi connectivity index (χ0v) is 12.5. The van der Waals surface area contributed by atoms with E-state index < -0.39 is 0 Å². The number of carbonyl (C=O) groups excluding carboxylic acids is 1. The molecule has 20 heavy (non-hydrogen) atoms. The van der Waals surface area contributed by atoms with Crippen molar-refractivity contribution < 1.29 is 4.79 Å². The van der Waals surface area contributed by atoms with Crippen molar-refractivity contribution >= 4 is 11.6 Å². The van der Waals surface area contributed by atoms with Crippen LogP contribution >= 0.6 is 0 Å². The van der Waals surface area contributed by atoms with Gasteiger partial charge in [0.2, 0.25) is 0 Å². The largest absolute Gasteiger partial charge is 0.378 e. The standard InChI is InChI=1S/C16H25N3O/c1-19(2)15-8-5-6-13(12-15)16(20)18-11-9-14-7-3-4-10-17-14/h5-6,8,12,14,17H,3-4,7,9-11H2,1-2H3,(H,18,20). The Morgan fingerprint density at radius 1 is 1.40 bits per heavy atom. The van der Waals surface area contributed by atoms with Crippen molar-refractivity contribution in [2.24, 2.45) is 0 Å². The van der Waals surface area contributed by atoms with Gasteiger partial charge in [-0.1, -0.05) is 12.5 Å². The first kappa shape index (κ1) is 14.9. The van der Waals surface area contributed by atoms with Gasteiger partial charge in [0.1, 0.15) is 0 Å². The fourth-order valence-corrected chi connectivity index (χ4v) is 2.56. The highest BCUT2D eigenvalue weighted by Crippen LogP contribution is 2.13. The van der Waals surface area contributed by atoms with Gasteiger partial charge in [-0.05, 0) is 44.0 Å². The molecule has 1 saturated heterocycles. The molecule has 0 spiro atoms. The van der Waals surface area contributed by atoms with Crippen molar-refractivity contribution in [3.63, 3.8) is 0 Å². The van der Waals surface area contributed by atoms with Gasteiger partial charge in [-0.15, -0.1) is 0 Å². The number of piperidine rings is 1. The van der Waals surface area contributed by atoms with Crippen LogP contribution in [0.3, 0.4) is 0 Å². The minimum Gasteiger partial charge on any atom is -0.378 e. The molecule has 2 rings (SSSR count). The second-order valence-corrected chi connectivity index (χ2v) is 5.64. The Morgan fingerprint density at radius 2 is 2.25 bits per heavy atom. The smallest absolute Gasteiger partial charge is 0.251 e. The summed E-state index contributed by atoms with van der Waals surface area (Å²) in [6, 6.07) is 8.28. The van der Waals surface area contributed by atoms with E-state index in [1.54, 1.807) is 0 Å². The minimum atomic E-state index is 0.0181. The van der Waals surface area contributed by atoms with Crippen LogP contribution in [0.15, 0.2) is 24.3 Å². The number of hydrogen-bond acceptors (Lipinski definition) is 3. The molecule has 1 unspecified atom stereocenters. The van der Waals surface area contributed by atoms with Crippen molar-refractivity contribution in [3.8, 4) is 0 Å². The molecule has 1 aromatic carbocycles. The lowest BCUT2D eigenvalue weighted by Gasteiger charge is -2.23. The predicted molar refractivity (Wildman–Crippen MR) is 83.4 cm³/mol. The Hall–Kier alpha value is -1.55. The first-order chi connectivity index (χ1) is 9.66. The van der Waals surface area contributed by atoms with Gasteiger partial charge in [0.25, 0.3) is 5.91 Å². The average Bonchev–Trinajstić information content (AvgIpc) is 2.48. The first-order valence-electron chi connectivity index (χ1n) is 7.46. The van der Waals surface area contributed by atoms with E-state index in [1.807, 2.05) is 43.3 Å². The number of benzene rings is 1. The van der Waals surface area contributed by atoms with Crippen LogP contribution in [0.1, 0.15) is 36.0 Å². The monoisotopic (exact) mass is 275 g/mol. The molecule has 4 nitrogen and oxygen atoms in total. The SMILES string of the molecule is CN(C)c1cccc(C(=O)NCCC2CCCCN2)c1.